The number of nitrogens with zero attached hydrogens (tertiary/aromatic N) is 1. The zero-order valence-electron chi connectivity index (χ0n) is 13.8. The van der Waals surface area contributed by atoms with Gasteiger partial charge in [0, 0.05) is 34.6 Å². The van der Waals surface area contributed by atoms with E-state index < -0.39 is 0 Å². The number of H-pyrrole nitrogens is 1. The maximum Gasteiger partial charge on any atom is 0.0465 e. The molecule has 2 nitrogen and oxygen atoms in total. The van der Waals surface area contributed by atoms with Gasteiger partial charge in [0.15, 0.2) is 0 Å². The minimum absolute atomic E-state index is 1.11. The maximum absolute atomic E-state index is 4.07. The first-order valence-electron chi connectivity index (χ1n) is 8.32. The van der Waals surface area contributed by atoms with Crippen LogP contribution in [-0.4, -0.2) is 9.97 Å². The highest BCUT2D eigenvalue weighted by Crippen LogP contribution is 2.26. The van der Waals surface area contributed by atoms with Crippen LogP contribution in [0.25, 0.3) is 35.2 Å². The van der Waals surface area contributed by atoms with Gasteiger partial charge in [0.1, 0.15) is 0 Å². The lowest BCUT2D eigenvalue weighted by Crippen LogP contribution is -1.78. The largest absolute Gasteiger partial charge is 0.355 e. The van der Waals surface area contributed by atoms with Crippen molar-refractivity contribution in [1.29, 1.82) is 0 Å². The number of nitrogens with one attached hydrogen (secondary N) is 1. The summed E-state index contributed by atoms with van der Waals surface area (Å²) in [6.45, 7) is 0. The summed E-state index contributed by atoms with van der Waals surface area (Å²) in [6, 6.07) is 22.7. The Morgan fingerprint density at radius 3 is 2.16 bits per heavy atom. The second-order valence-corrected chi connectivity index (χ2v) is 5.86. The molecule has 0 aliphatic carbocycles. The molecule has 4 aromatic rings. The van der Waals surface area contributed by atoms with Crippen LogP contribution in [0.1, 0.15) is 22.4 Å². The van der Waals surface area contributed by atoms with E-state index in [1.54, 1.807) is 0 Å². The molecule has 0 fully saturated rings. The van der Waals surface area contributed by atoms with Crippen LogP contribution in [0.4, 0.5) is 0 Å². The first-order chi connectivity index (χ1) is 12.4. The number of aromatic amines is 1. The van der Waals surface area contributed by atoms with Gasteiger partial charge in [-0.25, -0.2) is 0 Å². The lowest BCUT2D eigenvalue weighted by molar-refractivity contribution is 1.32. The summed E-state index contributed by atoms with van der Waals surface area (Å²) in [5.74, 6) is 0. The van der Waals surface area contributed by atoms with Gasteiger partial charge < -0.3 is 4.98 Å². The van der Waals surface area contributed by atoms with Crippen LogP contribution in [0.15, 0.2) is 79.1 Å². The monoisotopic (exact) mass is 322 g/mol. The predicted octanol–water partition coefficient (Wildman–Crippen LogP) is 5.90. The molecule has 2 heterocycles. The molecule has 0 unspecified atom stereocenters. The fraction of sp³-hybridized carbons (Fsp3) is 0. The smallest absolute Gasteiger partial charge is 0.0465 e. The van der Waals surface area contributed by atoms with Crippen molar-refractivity contribution >= 4 is 35.2 Å². The van der Waals surface area contributed by atoms with Crippen molar-refractivity contribution in [3.05, 3.63) is 102 Å². The van der Waals surface area contributed by atoms with Gasteiger partial charge in [-0.05, 0) is 35.4 Å². The third-order valence-corrected chi connectivity index (χ3v) is 4.17. The SMILES string of the molecule is C(=C\c1[nH]c2ccccc2c1/C=C/c1ccncc1)/c1ccccc1. The quantitative estimate of drug-likeness (QED) is 0.497. The van der Waals surface area contributed by atoms with Gasteiger partial charge in [-0.15, -0.1) is 0 Å². The highest BCUT2D eigenvalue weighted by molar-refractivity contribution is 5.96. The number of hydrogen-bond donors (Lipinski definition) is 1. The summed E-state index contributed by atoms with van der Waals surface area (Å²) in [7, 11) is 0. The topological polar surface area (TPSA) is 28.7 Å². The second-order valence-electron chi connectivity index (χ2n) is 5.86. The van der Waals surface area contributed by atoms with Crippen molar-refractivity contribution in [2.24, 2.45) is 0 Å². The molecule has 0 aliphatic heterocycles. The lowest BCUT2D eigenvalue weighted by atomic mass is 10.1. The Hall–Kier alpha value is -3.39. The van der Waals surface area contributed by atoms with E-state index in [1.165, 1.54) is 16.5 Å². The van der Waals surface area contributed by atoms with Crippen LogP contribution in [0, 0.1) is 0 Å². The molecule has 0 saturated heterocycles. The number of rotatable bonds is 4. The maximum atomic E-state index is 4.07. The second kappa shape index (κ2) is 7.02. The average Bonchev–Trinajstić information content (AvgIpc) is 3.04. The van der Waals surface area contributed by atoms with E-state index in [1.807, 2.05) is 30.6 Å². The zero-order valence-corrected chi connectivity index (χ0v) is 13.8. The first kappa shape index (κ1) is 15.2. The molecule has 0 radical (unpaired) electrons. The highest BCUT2D eigenvalue weighted by Gasteiger charge is 2.06. The third kappa shape index (κ3) is 3.43. The summed E-state index contributed by atoms with van der Waals surface area (Å²) in [6.07, 6.45) is 12.2. The van der Waals surface area contributed by atoms with Crippen LogP contribution in [-0.2, 0) is 0 Å². The van der Waals surface area contributed by atoms with Crippen LogP contribution in [0.3, 0.4) is 0 Å². The van der Waals surface area contributed by atoms with Gasteiger partial charge in [-0.1, -0.05) is 66.8 Å². The van der Waals surface area contributed by atoms with Crippen LogP contribution in [0.5, 0.6) is 0 Å². The fourth-order valence-electron chi connectivity index (χ4n) is 2.89. The molecule has 0 spiro atoms. The predicted molar refractivity (Wildman–Crippen MR) is 107 cm³/mol. The van der Waals surface area contributed by atoms with Crippen molar-refractivity contribution in [3.8, 4) is 0 Å². The van der Waals surface area contributed by atoms with E-state index >= 15 is 0 Å². The first-order valence-corrected chi connectivity index (χ1v) is 8.32. The molecule has 0 atom stereocenters. The average molecular weight is 322 g/mol. The van der Waals surface area contributed by atoms with E-state index in [0.29, 0.717) is 0 Å². The Bertz CT molecular complexity index is 1030. The molecule has 2 aromatic carbocycles. The Labute approximate surface area is 147 Å². The van der Waals surface area contributed by atoms with Gasteiger partial charge in [-0.3, -0.25) is 4.98 Å². The van der Waals surface area contributed by atoms with E-state index in [-0.39, 0.29) is 0 Å². The van der Waals surface area contributed by atoms with Crippen LogP contribution < -0.4 is 0 Å². The van der Waals surface area contributed by atoms with Crippen molar-refractivity contribution < 1.29 is 0 Å². The molecular formula is C23H18N2. The van der Waals surface area contributed by atoms with E-state index in [9.17, 15) is 0 Å². The molecule has 120 valence electrons. The summed E-state index contributed by atoms with van der Waals surface area (Å²) < 4.78 is 0. The number of pyridine rings is 1. The minimum Gasteiger partial charge on any atom is -0.355 e. The molecule has 1 N–H and O–H groups in total. The van der Waals surface area contributed by atoms with Gasteiger partial charge >= 0.3 is 0 Å². The molecule has 2 heteroatoms. The van der Waals surface area contributed by atoms with E-state index in [2.05, 4.69) is 82.8 Å². The minimum atomic E-state index is 1.11. The Morgan fingerprint density at radius 2 is 1.32 bits per heavy atom. The summed E-state index contributed by atoms with van der Waals surface area (Å²) >= 11 is 0. The number of benzene rings is 2. The summed E-state index contributed by atoms with van der Waals surface area (Å²) in [4.78, 5) is 7.59. The van der Waals surface area contributed by atoms with Gasteiger partial charge in [0.2, 0.25) is 0 Å². The standard InChI is InChI=1S/C23H18N2/c1-2-6-18(7-3-1)11-13-23-21(12-10-19-14-16-24-17-15-19)20-8-4-5-9-22(20)25-23/h1-17,25H/b12-10+,13-11+. The fourth-order valence-corrected chi connectivity index (χ4v) is 2.89. The number of hydrogen-bond acceptors (Lipinski definition) is 1. The molecule has 0 saturated carbocycles. The molecule has 0 aliphatic rings. The normalized spacial score (nSPS) is 11.7. The number of para-hydroxylation sites is 1. The molecular weight excluding hydrogens is 304 g/mol. The van der Waals surface area contributed by atoms with E-state index in [4.69, 9.17) is 0 Å². The molecule has 2 aromatic heterocycles. The van der Waals surface area contributed by atoms with Crippen LogP contribution in [0.2, 0.25) is 0 Å². The van der Waals surface area contributed by atoms with Crippen molar-refractivity contribution in [1.82, 2.24) is 9.97 Å². The Kier molecular flexibility index (Phi) is 4.25. The number of fused-ring (bicyclic) bond motifs is 1. The lowest BCUT2D eigenvalue weighted by Gasteiger charge is -1.96. The number of aromatic nitrogens is 2. The zero-order chi connectivity index (χ0) is 16.9. The molecule has 4 rings (SSSR count). The molecule has 25 heavy (non-hydrogen) atoms. The van der Waals surface area contributed by atoms with Crippen molar-refractivity contribution in [3.63, 3.8) is 0 Å². The van der Waals surface area contributed by atoms with Crippen molar-refractivity contribution in [2.45, 2.75) is 0 Å². The van der Waals surface area contributed by atoms with E-state index in [0.717, 1.165) is 16.8 Å². The Balaban J connectivity index is 1.76. The molecule has 0 amide bonds. The summed E-state index contributed by atoms with van der Waals surface area (Å²) in [5, 5.41) is 1.22. The Morgan fingerprint density at radius 1 is 0.640 bits per heavy atom. The van der Waals surface area contributed by atoms with Crippen molar-refractivity contribution in [2.75, 3.05) is 0 Å². The van der Waals surface area contributed by atoms with Gasteiger partial charge in [0.05, 0.1) is 0 Å². The van der Waals surface area contributed by atoms with Gasteiger partial charge in [-0.2, -0.15) is 0 Å². The van der Waals surface area contributed by atoms with Crippen LogP contribution >= 0.6 is 0 Å². The highest BCUT2D eigenvalue weighted by atomic mass is 14.7. The third-order valence-electron chi connectivity index (χ3n) is 4.17. The van der Waals surface area contributed by atoms with Gasteiger partial charge in [0.25, 0.3) is 0 Å². The molecule has 0 bridgehead atoms. The summed E-state index contributed by atoms with van der Waals surface area (Å²) in [5.41, 5.74) is 5.77.